The Bertz CT molecular complexity index is 789. The Morgan fingerprint density at radius 2 is 1.67 bits per heavy atom. The molecule has 0 aliphatic heterocycles. The first kappa shape index (κ1) is 13.8. The van der Waals surface area contributed by atoms with Crippen LogP contribution in [0.5, 0.6) is 0 Å². The van der Waals surface area contributed by atoms with Gasteiger partial charge in [0.2, 0.25) is 0 Å². The van der Waals surface area contributed by atoms with Gasteiger partial charge in [-0.2, -0.15) is 0 Å². The number of hydrogen-bond acceptors (Lipinski definition) is 1. The zero-order chi connectivity index (χ0) is 15.0. The van der Waals surface area contributed by atoms with Gasteiger partial charge in [-0.05, 0) is 41.0 Å². The van der Waals surface area contributed by atoms with E-state index in [9.17, 15) is 0 Å². The van der Waals surface area contributed by atoms with Crippen molar-refractivity contribution in [2.45, 2.75) is 33.1 Å². The van der Waals surface area contributed by atoms with Crippen LogP contribution in [0.15, 0.2) is 54.7 Å². The Morgan fingerprint density at radius 3 is 2.43 bits per heavy atom. The van der Waals surface area contributed by atoms with Gasteiger partial charge >= 0.3 is 0 Å². The van der Waals surface area contributed by atoms with Crippen LogP contribution in [0, 0.1) is 6.92 Å². The fraction of sp³-hybridized carbons (Fsp3) is 0.250. The van der Waals surface area contributed by atoms with Crippen LogP contribution in [0.25, 0.3) is 22.0 Å². The molecule has 3 rings (SSSR count). The lowest BCUT2D eigenvalue weighted by Crippen LogP contribution is -2.13. The molecule has 0 aliphatic rings. The van der Waals surface area contributed by atoms with Crippen LogP contribution < -0.4 is 0 Å². The lowest BCUT2D eigenvalue weighted by molar-refractivity contribution is 0.586. The second-order valence-corrected chi connectivity index (χ2v) is 6.66. The van der Waals surface area contributed by atoms with E-state index in [4.69, 9.17) is 0 Å². The number of nitrogens with zero attached hydrogens (tertiary/aromatic N) is 1. The molecule has 1 heteroatoms. The van der Waals surface area contributed by atoms with E-state index in [1.165, 1.54) is 27.5 Å². The highest BCUT2D eigenvalue weighted by atomic mass is 14.7. The highest BCUT2D eigenvalue weighted by Crippen LogP contribution is 2.32. The van der Waals surface area contributed by atoms with E-state index in [0.717, 1.165) is 5.69 Å². The van der Waals surface area contributed by atoms with Gasteiger partial charge in [-0.25, -0.2) is 0 Å². The highest BCUT2D eigenvalue weighted by molar-refractivity contribution is 5.94. The van der Waals surface area contributed by atoms with Crippen LogP contribution in [0.3, 0.4) is 0 Å². The maximum atomic E-state index is 4.63. The van der Waals surface area contributed by atoms with E-state index in [-0.39, 0.29) is 5.41 Å². The van der Waals surface area contributed by atoms with Gasteiger partial charge in [-0.1, -0.05) is 57.2 Å². The minimum atomic E-state index is 0.144. The third kappa shape index (κ3) is 2.56. The number of benzene rings is 2. The smallest absolute Gasteiger partial charge is 0.0780 e. The van der Waals surface area contributed by atoms with Crippen LogP contribution in [-0.4, -0.2) is 4.98 Å². The van der Waals surface area contributed by atoms with Gasteiger partial charge in [0.15, 0.2) is 0 Å². The van der Waals surface area contributed by atoms with Crippen LogP contribution in [0.4, 0.5) is 0 Å². The standard InChI is InChI=1S/C20H21N/c1-14-9-10-16(13-18(14)20(2,3)4)19-17-8-6-5-7-15(17)11-12-21-19/h5-13H,1-4H3. The van der Waals surface area contributed by atoms with Crippen molar-refractivity contribution in [1.82, 2.24) is 4.98 Å². The Kier molecular flexibility index (Phi) is 3.29. The number of rotatable bonds is 1. The van der Waals surface area contributed by atoms with Crippen LogP contribution in [-0.2, 0) is 5.41 Å². The van der Waals surface area contributed by atoms with E-state index >= 15 is 0 Å². The van der Waals surface area contributed by atoms with Crippen LogP contribution in [0.1, 0.15) is 31.9 Å². The molecule has 0 spiro atoms. The molecule has 0 saturated heterocycles. The third-order valence-corrected chi connectivity index (χ3v) is 3.99. The largest absolute Gasteiger partial charge is 0.256 e. The lowest BCUT2D eigenvalue weighted by atomic mass is 9.82. The molecule has 106 valence electrons. The molecular formula is C20H21N. The number of pyridine rings is 1. The first-order chi connectivity index (χ1) is 9.97. The van der Waals surface area contributed by atoms with Gasteiger partial charge in [0.05, 0.1) is 5.69 Å². The normalized spacial score (nSPS) is 11.8. The second kappa shape index (κ2) is 5.00. The van der Waals surface area contributed by atoms with Crippen molar-refractivity contribution in [2.75, 3.05) is 0 Å². The quantitative estimate of drug-likeness (QED) is 0.571. The molecule has 0 bridgehead atoms. The first-order valence-electron chi connectivity index (χ1n) is 7.42. The van der Waals surface area contributed by atoms with Crippen molar-refractivity contribution in [3.63, 3.8) is 0 Å². The minimum absolute atomic E-state index is 0.144. The molecule has 21 heavy (non-hydrogen) atoms. The summed E-state index contributed by atoms with van der Waals surface area (Å²) in [5, 5.41) is 2.45. The van der Waals surface area contributed by atoms with E-state index < -0.39 is 0 Å². The second-order valence-electron chi connectivity index (χ2n) is 6.66. The van der Waals surface area contributed by atoms with Crippen molar-refractivity contribution in [3.05, 3.63) is 65.9 Å². The minimum Gasteiger partial charge on any atom is -0.256 e. The molecule has 3 aromatic rings. The van der Waals surface area contributed by atoms with Gasteiger partial charge in [-0.3, -0.25) is 4.98 Å². The van der Waals surface area contributed by atoms with Crippen LogP contribution in [0.2, 0.25) is 0 Å². The Balaban J connectivity index is 2.24. The highest BCUT2D eigenvalue weighted by Gasteiger charge is 2.17. The van der Waals surface area contributed by atoms with Crippen molar-refractivity contribution < 1.29 is 0 Å². The summed E-state index contributed by atoms with van der Waals surface area (Å²) in [6, 6.07) is 17.2. The van der Waals surface area contributed by atoms with Crippen molar-refractivity contribution >= 4 is 10.8 Å². The fourth-order valence-corrected chi connectivity index (χ4v) is 2.93. The Hall–Kier alpha value is -2.15. The van der Waals surface area contributed by atoms with Gasteiger partial charge in [0.1, 0.15) is 0 Å². The number of fused-ring (bicyclic) bond motifs is 1. The molecule has 0 fully saturated rings. The predicted octanol–water partition coefficient (Wildman–Crippen LogP) is 5.51. The molecule has 0 unspecified atom stereocenters. The Morgan fingerprint density at radius 1 is 0.905 bits per heavy atom. The average Bonchev–Trinajstić information content (AvgIpc) is 2.46. The molecule has 0 atom stereocenters. The van der Waals surface area contributed by atoms with Crippen molar-refractivity contribution in [3.8, 4) is 11.3 Å². The van der Waals surface area contributed by atoms with Gasteiger partial charge in [-0.15, -0.1) is 0 Å². The summed E-state index contributed by atoms with van der Waals surface area (Å²) in [5.74, 6) is 0. The molecular weight excluding hydrogens is 254 g/mol. The predicted molar refractivity (Wildman–Crippen MR) is 90.6 cm³/mol. The molecule has 0 aliphatic carbocycles. The average molecular weight is 275 g/mol. The third-order valence-electron chi connectivity index (χ3n) is 3.99. The molecule has 0 radical (unpaired) electrons. The summed E-state index contributed by atoms with van der Waals surface area (Å²) in [6.45, 7) is 8.96. The maximum Gasteiger partial charge on any atom is 0.0780 e. The zero-order valence-electron chi connectivity index (χ0n) is 13.1. The summed E-state index contributed by atoms with van der Waals surface area (Å²) in [5.41, 5.74) is 5.13. The number of aryl methyl sites for hydroxylation is 1. The number of hydrogen-bond donors (Lipinski definition) is 0. The van der Waals surface area contributed by atoms with E-state index in [1.54, 1.807) is 0 Å². The summed E-state index contributed by atoms with van der Waals surface area (Å²) >= 11 is 0. The molecule has 1 aromatic heterocycles. The van der Waals surface area contributed by atoms with E-state index in [2.05, 4.69) is 81.2 Å². The molecule has 1 heterocycles. The maximum absolute atomic E-state index is 4.63. The summed E-state index contributed by atoms with van der Waals surface area (Å²) in [6.07, 6.45) is 1.90. The van der Waals surface area contributed by atoms with E-state index in [1.807, 2.05) is 6.20 Å². The lowest BCUT2D eigenvalue weighted by Gasteiger charge is -2.22. The Labute approximate surface area is 126 Å². The molecule has 0 amide bonds. The van der Waals surface area contributed by atoms with Gasteiger partial charge < -0.3 is 0 Å². The van der Waals surface area contributed by atoms with Gasteiger partial charge in [0.25, 0.3) is 0 Å². The van der Waals surface area contributed by atoms with Crippen LogP contribution >= 0.6 is 0 Å². The molecule has 2 aromatic carbocycles. The first-order valence-corrected chi connectivity index (χ1v) is 7.42. The topological polar surface area (TPSA) is 12.9 Å². The monoisotopic (exact) mass is 275 g/mol. The molecule has 1 nitrogen and oxygen atoms in total. The molecule has 0 N–H and O–H groups in total. The zero-order valence-corrected chi connectivity index (χ0v) is 13.1. The van der Waals surface area contributed by atoms with Crippen molar-refractivity contribution in [2.24, 2.45) is 0 Å². The summed E-state index contributed by atoms with van der Waals surface area (Å²) < 4.78 is 0. The SMILES string of the molecule is Cc1ccc(-c2nccc3ccccc23)cc1C(C)(C)C. The number of aromatic nitrogens is 1. The van der Waals surface area contributed by atoms with Gasteiger partial charge in [0, 0.05) is 17.1 Å². The van der Waals surface area contributed by atoms with E-state index in [0.29, 0.717) is 0 Å². The fourth-order valence-electron chi connectivity index (χ4n) is 2.93. The van der Waals surface area contributed by atoms with Crippen molar-refractivity contribution in [1.29, 1.82) is 0 Å². The summed E-state index contributed by atoms with van der Waals surface area (Å²) in [7, 11) is 0. The molecule has 0 saturated carbocycles. The summed E-state index contributed by atoms with van der Waals surface area (Å²) in [4.78, 5) is 4.63.